The number of benzene rings is 2. The second-order valence-corrected chi connectivity index (χ2v) is 11.1. The number of aryl methyl sites for hydroxylation is 1. The van der Waals surface area contributed by atoms with E-state index in [1.165, 1.54) is 6.07 Å². The minimum absolute atomic E-state index is 0.139. The topological polar surface area (TPSA) is 105 Å². The lowest BCUT2D eigenvalue weighted by atomic mass is 10.1. The van der Waals surface area contributed by atoms with Crippen molar-refractivity contribution in [1.82, 2.24) is 20.0 Å². The first-order valence-electron chi connectivity index (χ1n) is 11.8. The second kappa shape index (κ2) is 10.9. The maximum absolute atomic E-state index is 13.3. The van der Waals surface area contributed by atoms with Crippen LogP contribution in [0.4, 0.5) is 0 Å². The van der Waals surface area contributed by atoms with Crippen molar-refractivity contribution in [2.45, 2.75) is 50.8 Å². The lowest BCUT2D eigenvalue weighted by Gasteiger charge is -2.26. The van der Waals surface area contributed by atoms with Crippen LogP contribution in [0.1, 0.15) is 54.4 Å². The van der Waals surface area contributed by atoms with Crippen LogP contribution in [0.5, 0.6) is 0 Å². The number of amides is 1. The first-order chi connectivity index (χ1) is 17.1. The lowest BCUT2D eigenvalue weighted by Crippen LogP contribution is -2.45. The summed E-state index contributed by atoms with van der Waals surface area (Å²) in [5, 5.41) is 2.73. The highest BCUT2D eigenvalue weighted by Crippen LogP contribution is 2.34. The predicted molar refractivity (Wildman–Crippen MR) is 140 cm³/mol. The van der Waals surface area contributed by atoms with Crippen LogP contribution >= 0.6 is 23.2 Å². The number of nitrogens with one attached hydrogen (secondary N) is 1. The summed E-state index contributed by atoms with van der Waals surface area (Å²) in [6.45, 7) is 5.25. The SMILES string of the molecule is CCCc1cc(-n2c(-c3ccc(Cl)cc3Cl)nc(C(=O)NN3CCCCC3)c2C)ccc1S(=O)(=O)O. The summed E-state index contributed by atoms with van der Waals surface area (Å²) in [5.41, 5.74) is 5.38. The van der Waals surface area contributed by atoms with E-state index in [2.05, 4.69) is 10.4 Å². The van der Waals surface area contributed by atoms with E-state index in [9.17, 15) is 17.8 Å². The molecule has 0 saturated carbocycles. The Labute approximate surface area is 221 Å². The van der Waals surface area contributed by atoms with Crippen molar-refractivity contribution in [2.24, 2.45) is 0 Å². The van der Waals surface area contributed by atoms with E-state index < -0.39 is 10.1 Å². The summed E-state index contributed by atoms with van der Waals surface area (Å²) in [7, 11) is -4.39. The van der Waals surface area contributed by atoms with Gasteiger partial charge >= 0.3 is 0 Å². The van der Waals surface area contributed by atoms with E-state index in [1.807, 2.05) is 11.9 Å². The van der Waals surface area contributed by atoms with Crippen LogP contribution in [-0.2, 0) is 16.5 Å². The molecule has 36 heavy (non-hydrogen) atoms. The van der Waals surface area contributed by atoms with Crippen LogP contribution in [0.3, 0.4) is 0 Å². The predicted octanol–water partition coefficient (Wildman–Crippen LogP) is 5.48. The van der Waals surface area contributed by atoms with E-state index in [1.54, 1.807) is 41.8 Å². The highest BCUT2D eigenvalue weighted by atomic mass is 35.5. The first kappa shape index (κ1) is 26.6. The first-order valence-corrected chi connectivity index (χ1v) is 14.0. The molecular weight excluding hydrogens is 523 g/mol. The Balaban J connectivity index is 1.88. The minimum atomic E-state index is -4.39. The number of imidazole rings is 1. The molecule has 0 unspecified atom stereocenters. The van der Waals surface area contributed by atoms with Crippen molar-refractivity contribution in [2.75, 3.05) is 13.1 Å². The van der Waals surface area contributed by atoms with Gasteiger partial charge in [-0.1, -0.05) is 43.0 Å². The van der Waals surface area contributed by atoms with Gasteiger partial charge < -0.3 is 0 Å². The number of piperidine rings is 1. The van der Waals surface area contributed by atoms with Crippen LogP contribution in [0, 0.1) is 6.92 Å². The largest absolute Gasteiger partial charge is 0.296 e. The molecule has 2 N–H and O–H groups in total. The molecule has 0 atom stereocenters. The average molecular weight is 551 g/mol. The van der Waals surface area contributed by atoms with Gasteiger partial charge in [0.2, 0.25) is 0 Å². The lowest BCUT2D eigenvalue weighted by molar-refractivity contribution is 0.0744. The summed E-state index contributed by atoms with van der Waals surface area (Å²) in [5.74, 6) is 0.0860. The van der Waals surface area contributed by atoms with E-state index in [-0.39, 0.29) is 16.5 Å². The van der Waals surface area contributed by atoms with Gasteiger partial charge in [0.25, 0.3) is 16.0 Å². The van der Waals surface area contributed by atoms with Crippen LogP contribution < -0.4 is 5.43 Å². The standard InChI is InChI=1S/C25H28Cl2N4O4S/c1-3-7-17-14-19(9-11-22(17)36(33,34)35)31-16(2)23(25(32)29-30-12-5-4-6-13-30)28-24(31)20-10-8-18(26)15-21(20)27/h8-11,14-15H,3-7,12-13H2,1-2H3,(H,29,32)(H,33,34,35). The van der Waals surface area contributed by atoms with Gasteiger partial charge in [0.15, 0.2) is 5.69 Å². The highest BCUT2D eigenvalue weighted by Gasteiger charge is 2.26. The van der Waals surface area contributed by atoms with Crippen molar-refractivity contribution >= 4 is 39.2 Å². The number of halogens is 2. The fourth-order valence-electron chi connectivity index (χ4n) is 4.51. The van der Waals surface area contributed by atoms with Gasteiger partial charge in [-0.15, -0.1) is 0 Å². The van der Waals surface area contributed by atoms with Gasteiger partial charge in [-0.25, -0.2) is 9.99 Å². The van der Waals surface area contributed by atoms with E-state index in [0.717, 1.165) is 32.4 Å². The van der Waals surface area contributed by atoms with Crippen LogP contribution in [0.15, 0.2) is 41.3 Å². The molecule has 0 spiro atoms. The second-order valence-electron chi connectivity index (χ2n) is 8.83. The summed E-state index contributed by atoms with van der Waals surface area (Å²) in [4.78, 5) is 17.8. The molecule has 0 radical (unpaired) electrons. The molecular formula is C25H28Cl2N4O4S. The minimum Gasteiger partial charge on any atom is -0.296 e. The Bertz CT molecular complexity index is 1400. The zero-order chi connectivity index (χ0) is 26.0. The summed E-state index contributed by atoms with van der Waals surface area (Å²) in [6.07, 6.45) is 4.28. The maximum Gasteiger partial charge on any atom is 0.294 e. The summed E-state index contributed by atoms with van der Waals surface area (Å²) in [6, 6.07) is 9.67. The Kier molecular flexibility index (Phi) is 8.06. The molecule has 3 aromatic rings. The normalized spacial score (nSPS) is 14.7. The van der Waals surface area contributed by atoms with Gasteiger partial charge in [-0.2, -0.15) is 8.42 Å². The van der Waals surface area contributed by atoms with Gasteiger partial charge in [0, 0.05) is 29.4 Å². The molecule has 0 bridgehead atoms. The van der Waals surface area contributed by atoms with Crippen molar-refractivity contribution in [3.63, 3.8) is 0 Å². The van der Waals surface area contributed by atoms with Crippen LogP contribution in [0.25, 0.3) is 17.1 Å². The Morgan fingerprint density at radius 3 is 2.47 bits per heavy atom. The van der Waals surface area contributed by atoms with Crippen molar-refractivity contribution in [1.29, 1.82) is 0 Å². The van der Waals surface area contributed by atoms with Crippen LogP contribution in [0.2, 0.25) is 10.0 Å². The zero-order valence-electron chi connectivity index (χ0n) is 20.1. The van der Waals surface area contributed by atoms with Crippen molar-refractivity contribution < 1.29 is 17.8 Å². The van der Waals surface area contributed by atoms with Gasteiger partial charge in [0.1, 0.15) is 5.82 Å². The molecule has 11 heteroatoms. The average Bonchev–Trinajstić information content (AvgIpc) is 3.16. The van der Waals surface area contributed by atoms with Gasteiger partial charge in [-0.05, 0) is 68.1 Å². The molecule has 1 saturated heterocycles. The number of hydrogen-bond donors (Lipinski definition) is 2. The van der Waals surface area contributed by atoms with Crippen LogP contribution in [-0.4, -0.2) is 46.5 Å². The number of aromatic nitrogens is 2. The smallest absolute Gasteiger partial charge is 0.294 e. The number of carbonyl (C=O) groups excluding carboxylic acids is 1. The molecule has 1 amide bonds. The number of nitrogens with zero attached hydrogens (tertiary/aromatic N) is 3. The van der Waals surface area contributed by atoms with Crippen molar-refractivity contribution in [3.05, 3.63) is 63.4 Å². The Morgan fingerprint density at radius 2 is 1.83 bits per heavy atom. The fourth-order valence-corrected chi connectivity index (χ4v) is 5.73. The Hall–Kier alpha value is -2.43. The molecule has 2 aromatic carbocycles. The number of carbonyl (C=O) groups is 1. The molecule has 2 heterocycles. The van der Waals surface area contributed by atoms with E-state index in [4.69, 9.17) is 23.2 Å². The zero-order valence-corrected chi connectivity index (χ0v) is 22.4. The summed E-state index contributed by atoms with van der Waals surface area (Å²) >= 11 is 12.6. The molecule has 192 valence electrons. The fraction of sp³-hybridized carbons (Fsp3) is 0.360. The molecule has 1 aromatic heterocycles. The highest BCUT2D eigenvalue weighted by molar-refractivity contribution is 7.85. The maximum atomic E-state index is 13.3. The molecule has 4 rings (SSSR count). The van der Waals surface area contributed by atoms with Crippen molar-refractivity contribution in [3.8, 4) is 17.1 Å². The molecule has 1 aliphatic heterocycles. The number of hydrazine groups is 1. The monoisotopic (exact) mass is 550 g/mol. The molecule has 0 aliphatic carbocycles. The summed E-state index contributed by atoms with van der Waals surface area (Å²) < 4.78 is 35.4. The van der Waals surface area contributed by atoms with Gasteiger partial charge in [-0.3, -0.25) is 19.3 Å². The molecule has 1 aliphatic rings. The molecule has 8 nitrogen and oxygen atoms in total. The number of hydrogen-bond acceptors (Lipinski definition) is 5. The number of rotatable bonds is 7. The molecule has 1 fully saturated rings. The third-order valence-corrected chi connectivity index (χ3v) is 7.71. The third-order valence-electron chi connectivity index (χ3n) is 6.21. The quantitative estimate of drug-likeness (QED) is 0.377. The Morgan fingerprint density at radius 1 is 1.11 bits per heavy atom. The van der Waals surface area contributed by atoms with E-state index in [0.29, 0.717) is 51.2 Å². The van der Waals surface area contributed by atoms with Gasteiger partial charge in [0.05, 0.1) is 15.6 Å². The third kappa shape index (κ3) is 5.60. The van der Waals surface area contributed by atoms with E-state index >= 15 is 0 Å².